The number of para-hydroxylation sites is 1. The van der Waals surface area contributed by atoms with Crippen LogP contribution in [0.2, 0.25) is 0 Å². The van der Waals surface area contributed by atoms with Crippen molar-refractivity contribution in [2.24, 2.45) is 0 Å². The zero-order valence-electron chi connectivity index (χ0n) is 13.3. The minimum absolute atomic E-state index is 0.0638. The van der Waals surface area contributed by atoms with E-state index in [0.717, 1.165) is 42.5 Å². The van der Waals surface area contributed by atoms with Crippen LogP contribution in [0.4, 0.5) is 0 Å². The number of nitrogens with zero attached hydrogens (tertiary/aromatic N) is 2. The van der Waals surface area contributed by atoms with Crippen LogP contribution < -0.4 is 0 Å². The lowest BCUT2D eigenvalue weighted by Crippen LogP contribution is -2.33. The zero-order valence-corrected chi connectivity index (χ0v) is 13.3. The van der Waals surface area contributed by atoms with Gasteiger partial charge in [-0.3, -0.25) is 0 Å². The lowest BCUT2D eigenvalue weighted by atomic mass is 9.88. The lowest BCUT2D eigenvalue weighted by molar-refractivity contribution is 0.0698. The highest BCUT2D eigenvalue weighted by Gasteiger charge is 2.31. The van der Waals surface area contributed by atoms with Crippen LogP contribution in [0.5, 0.6) is 0 Å². The summed E-state index contributed by atoms with van der Waals surface area (Å²) < 4.78 is 2.20. The number of rotatable bonds is 6. The number of carbonyl (C=O) groups is 1. The predicted octanol–water partition coefficient (Wildman–Crippen LogP) is 4.22. The van der Waals surface area contributed by atoms with Crippen LogP contribution in [-0.4, -0.2) is 20.6 Å². The van der Waals surface area contributed by atoms with E-state index in [2.05, 4.69) is 37.2 Å². The van der Waals surface area contributed by atoms with Gasteiger partial charge >= 0.3 is 5.97 Å². The quantitative estimate of drug-likeness (QED) is 0.865. The summed E-state index contributed by atoms with van der Waals surface area (Å²) in [6.07, 6.45) is 3.70. The van der Waals surface area contributed by atoms with Gasteiger partial charge in [0.1, 0.15) is 5.82 Å². The highest BCUT2D eigenvalue weighted by Crippen LogP contribution is 2.35. The predicted molar refractivity (Wildman–Crippen MR) is 84.9 cm³/mol. The number of aryl methyl sites for hydroxylation is 1. The van der Waals surface area contributed by atoms with Crippen molar-refractivity contribution in [3.8, 4) is 0 Å². The van der Waals surface area contributed by atoms with Gasteiger partial charge in [-0.1, -0.05) is 33.8 Å². The molecule has 0 aliphatic heterocycles. The van der Waals surface area contributed by atoms with Crippen molar-refractivity contribution in [1.82, 2.24) is 9.55 Å². The van der Waals surface area contributed by atoms with E-state index in [1.807, 2.05) is 6.07 Å². The van der Waals surface area contributed by atoms with Gasteiger partial charge in [-0.05, 0) is 31.4 Å². The minimum atomic E-state index is -0.887. The third kappa shape index (κ3) is 2.33. The summed E-state index contributed by atoms with van der Waals surface area (Å²) >= 11 is 0. The summed E-state index contributed by atoms with van der Waals surface area (Å²) in [5.74, 6) is 0.0888. The Balaban J connectivity index is 2.91. The monoisotopic (exact) mass is 288 g/mol. The molecular weight excluding hydrogens is 264 g/mol. The Kier molecular flexibility index (Phi) is 4.35. The van der Waals surface area contributed by atoms with Crippen molar-refractivity contribution < 1.29 is 9.90 Å². The van der Waals surface area contributed by atoms with Crippen molar-refractivity contribution in [3.05, 3.63) is 29.6 Å². The van der Waals surface area contributed by atoms with E-state index < -0.39 is 5.97 Å². The van der Waals surface area contributed by atoms with Gasteiger partial charge in [0.05, 0.1) is 16.6 Å². The zero-order chi connectivity index (χ0) is 15.6. The molecule has 0 saturated carbocycles. The largest absolute Gasteiger partial charge is 0.478 e. The van der Waals surface area contributed by atoms with Crippen LogP contribution in [0.3, 0.4) is 0 Å². The first kappa shape index (κ1) is 15.5. The van der Waals surface area contributed by atoms with Gasteiger partial charge in [0, 0.05) is 12.0 Å². The minimum Gasteiger partial charge on any atom is -0.478 e. The molecule has 1 aromatic carbocycles. The summed E-state index contributed by atoms with van der Waals surface area (Å²) in [5.41, 5.74) is 1.84. The molecular formula is C17H24N2O2. The second-order valence-electron chi connectivity index (χ2n) is 5.48. The highest BCUT2D eigenvalue weighted by molar-refractivity contribution is 6.01. The molecule has 114 valence electrons. The lowest BCUT2D eigenvalue weighted by Gasteiger charge is -2.35. The molecule has 0 spiro atoms. The maximum Gasteiger partial charge on any atom is 0.337 e. The maximum atomic E-state index is 11.6. The maximum absolute atomic E-state index is 11.6. The van der Waals surface area contributed by atoms with Crippen LogP contribution in [0.15, 0.2) is 18.2 Å². The van der Waals surface area contributed by atoms with Gasteiger partial charge in [0.25, 0.3) is 0 Å². The number of fused-ring (bicyclic) bond motifs is 1. The van der Waals surface area contributed by atoms with Gasteiger partial charge in [-0.2, -0.15) is 0 Å². The molecule has 0 radical (unpaired) electrons. The Morgan fingerprint density at radius 2 is 1.81 bits per heavy atom. The third-order valence-corrected chi connectivity index (χ3v) is 4.74. The molecule has 0 atom stereocenters. The van der Waals surface area contributed by atoms with Crippen molar-refractivity contribution in [2.75, 3.05) is 0 Å². The smallest absolute Gasteiger partial charge is 0.337 e. The summed E-state index contributed by atoms with van der Waals surface area (Å²) in [5, 5.41) is 9.53. The Labute approximate surface area is 125 Å². The van der Waals surface area contributed by atoms with Crippen LogP contribution in [0.1, 0.15) is 63.1 Å². The summed E-state index contributed by atoms with van der Waals surface area (Å²) in [6.45, 7) is 8.58. The molecule has 4 heteroatoms. The van der Waals surface area contributed by atoms with Gasteiger partial charge in [0.15, 0.2) is 0 Å². The number of hydrogen-bond acceptors (Lipinski definition) is 2. The standard InChI is InChI=1S/C17H24N2O2/c1-5-14-18-13-11-9-10-12(16(20)21)15(13)19(14)17(6-2,7-3)8-4/h9-11H,5-8H2,1-4H3,(H,20,21). The van der Waals surface area contributed by atoms with E-state index in [1.165, 1.54) is 0 Å². The van der Waals surface area contributed by atoms with Gasteiger partial charge < -0.3 is 9.67 Å². The second kappa shape index (κ2) is 5.88. The van der Waals surface area contributed by atoms with Crippen molar-refractivity contribution >= 4 is 17.0 Å². The fraction of sp³-hybridized carbons (Fsp3) is 0.529. The van der Waals surface area contributed by atoms with E-state index in [0.29, 0.717) is 5.56 Å². The van der Waals surface area contributed by atoms with Gasteiger partial charge in [0.2, 0.25) is 0 Å². The second-order valence-corrected chi connectivity index (χ2v) is 5.48. The molecule has 0 aliphatic rings. The molecule has 2 rings (SSSR count). The topological polar surface area (TPSA) is 55.1 Å². The Morgan fingerprint density at radius 1 is 1.19 bits per heavy atom. The molecule has 1 aromatic heterocycles. The molecule has 0 saturated heterocycles. The molecule has 0 unspecified atom stereocenters. The van der Waals surface area contributed by atoms with E-state index in [-0.39, 0.29) is 5.54 Å². The van der Waals surface area contributed by atoms with Crippen molar-refractivity contribution in [3.63, 3.8) is 0 Å². The molecule has 4 nitrogen and oxygen atoms in total. The molecule has 1 heterocycles. The number of carboxylic acids is 1. The van der Waals surface area contributed by atoms with Crippen molar-refractivity contribution in [2.45, 2.75) is 58.9 Å². The number of aromatic carboxylic acids is 1. The Hall–Kier alpha value is -1.84. The first-order valence-electron chi connectivity index (χ1n) is 7.78. The fourth-order valence-corrected chi connectivity index (χ4v) is 3.32. The molecule has 21 heavy (non-hydrogen) atoms. The molecule has 0 bridgehead atoms. The van der Waals surface area contributed by atoms with E-state index in [4.69, 9.17) is 0 Å². The average molecular weight is 288 g/mol. The first-order chi connectivity index (χ1) is 10.0. The molecule has 0 amide bonds. The first-order valence-corrected chi connectivity index (χ1v) is 7.78. The van der Waals surface area contributed by atoms with Crippen LogP contribution in [0, 0.1) is 0 Å². The number of aromatic nitrogens is 2. The van der Waals surface area contributed by atoms with Crippen LogP contribution in [-0.2, 0) is 12.0 Å². The van der Waals surface area contributed by atoms with Gasteiger partial charge in [-0.15, -0.1) is 0 Å². The number of benzene rings is 1. The fourth-order valence-electron chi connectivity index (χ4n) is 3.32. The third-order valence-electron chi connectivity index (χ3n) is 4.74. The number of carboxylic acid groups (broad SMARTS) is 1. The molecule has 0 fully saturated rings. The van der Waals surface area contributed by atoms with Crippen LogP contribution in [0.25, 0.3) is 11.0 Å². The molecule has 1 N–H and O–H groups in total. The number of imidazole rings is 1. The van der Waals surface area contributed by atoms with E-state index in [9.17, 15) is 9.90 Å². The van der Waals surface area contributed by atoms with Crippen LogP contribution >= 0.6 is 0 Å². The summed E-state index contributed by atoms with van der Waals surface area (Å²) in [6, 6.07) is 5.35. The number of hydrogen-bond donors (Lipinski definition) is 1. The van der Waals surface area contributed by atoms with E-state index in [1.54, 1.807) is 12.1 Å². The molecule has 0 aliphatic carbocycles. The highest BCUT2D eigenvalue weighted by atomic mass is 16.4. The molecule has 2 aromatic rings. The Bertz CT molecular complexity index is 646. The van der Waals surface area contributed by atoms with E-state index >= 15 is 0 Å². The summed E-state index contributed by atoms with van der Waals surface area (Å²) in [7, 11) is 0. The SMILES string of the molecule is CCc1nc2cccc(C(=O)O)c2n1C(CC)(CC)CC. The van der Waals surface area contributed by atoms with Crippen molar-refractivity contribution in [1.29, 1.82) is 0 Å². The normalized spacial score (nSPS) is 12.0. The Morgan fingerprint density at radius 3 is 2.29 bits per heavy atom. The summed E-state index contributed by atoms with van der Waals surface area (Å²) in [4.78, 5) is 16.3. The van der Waals surface area contributed by atoms with Gasteiger partial charge in [-0.25, -0.2) is 9.78 Å². The average Bonchev–Trinajstić information content (AvgIpc) is 2.89.